The monoisotopic (exact) mass is 289 g/mol. The first-order valence-electron chi connectivity index (χ1n) is 8.33. The van der Waals surface area contributed by atoms with Gasteiger partial charge in [0.25, 0.3) is 0 Å². The molecule has 22 heavy (non-hydrogen) atoms. The van der Waals surface area contributed by atoms with E-state index in [-0.39, 0.29) is 0 Å². The number of hydrogen-bond donors (Lipinski definition) is 0. The van der Waals surface area contributed by atoms with Crippen LogP contribution >= 0.6 is 0 Å². The van der Waals surface area contributed by atoms with E-state index >= 15 is 0 Å². The zero-order valence-corrected chi connectivity index (χ0v) is 13.7. The maximum absolute atomic E-state index is 2.50. The van der Waals surface area contributed by atoms with E-state index in [2.05, 4.69) is 67.8 Å². The van der Waals surface area contributed by atoms with Gasteiger partial charge >= 0.3 is 0 Å². The fourth-order valence-corrected chi connectivity index (χ4v) is 3.70. The molecule has 2 aliphatic carbocycles. The first kappa shape index (κ1) is 13.6. The lowest BCUT2D eigenvalue weighted by Gasteiger charge is -2.19. The van der Waals surface area contributed by atoms with Crippen LogP contribution in [0.2, 0.25) is 0 Å². The van der Waals surface area contributed by atoms with E-state index in [9.17, 15) is 0 Å². The Labute approximate surface area is 132 Å². The Balaban J connectivity index is 2.01. The maximum atomic E-state index is 2.50. The second-order valence-electron chi connectivity index (χ2n) is 6.91. The highest BCUT2D eigenvalue weighted by atomic mass is 15.0. The highest BCUT2D eigenvalue weighted by Gasteiger charge is 2.21. The summed E-state index contributed by atoms with van der Waals surface area (Å²) in [5.41, 5.74) is 8.46. The fraction of sp³-hybridized carbons (Fsp3) is 0.333. The predicted molar refractivity (Wildman–Crippen MR) is 95.8 cm³/mol. The summed E-state index contributed by atoms with van der Waals surface area (Å²) in [6.07, 6.45) is 12.9. The summed E-state index contributed by atoms with van der Waals surface area (Å²) < 4.78 is 2.50. The molecule has 0 saturated heterocycles. The van der Waals surface area contributed by atoms with E-state index in [1.165, 1.54) is 45.4 Å². The quantitative estimate of drug-likeness (QED) is 0.631. The van der Waals surface area contributed by atoms with Gasteiger partial charge in [0, 0.05) is 22.3 Å². The van der Waals surface area contributed by atoms with Crippen LogP contribution in [0.5, 0.6) is 0 Å². The number of hydrogen-bond acceptors (Lipinski definition) is 0. The van der Waals surface area contributed by atoms with Crippen molar-refractivity contribution in [3.63, 3.8) is 0 Å². The lowest BCUT2D eigenvalue weighted by Crippen LogP contribution is -2.07. The lowest BCUT2D eigenvalue weighted by molar-refractivity contribution is 0.732. The highest BCUT2D eigenvalue weighted by molar-refractivity contribution is 5.95. The van der Waals surface area contributed by atoms with E-state index in [0.717, 1.165) is 12.8 Å². The Kier molecular flexibility index (Phi) is 3.11. The number of rotatable bonds is 1. The van der Waals surface area contributed by atoms with Gasteiger partial charge in [0.2, 0.25) is 0 Å². The number of aryl methyl sites for hydroxylation is 1. The fourth-order valence-electron chi connectivity index (χ4n) is 3.70. The molecule has 112 valence electrons. The first-order valence-corrected chi connectivity index (χ1v) is 8.33. The molecule has 0 saturated carbocycles. The van der Waals surface area contributed by atoms with Gasteiger partial charge < -0.3 is 4.57 Å². The zero-order chi connectivity index (χ0) is 15.3. The number of allylic oxidation sites excluding steroid dienone is 5. The van der Waals surface area contributed by atoms with Crippen LogP contribution in [0.1, 0.15) is 43.5 Å². The molecule has 2 aromatic rings. The van der Waals surface area contributed by atoms with Crippen molar-refractivity contribution in [2.45, 2.75) is 40.0 Å². The van der Waals surface area contributed by atoms with Crippen LogP contribution in [0.3, 0.4) is 0 Å². The summed E-state index contributed by atoms with van der Waals surface area (Å²) in [5.74, 6) is 0.658. The Bertz CT molecular complexity index is 842. The summed E-state index contributed by atoms with van der Waals surface area (Å²) in [6.45, 7) is 6.72. The van der Waals surface area contributed by atoms with Crippen molar-refractivity contribution in [1.82, 2.24) is 4.57 Å². The van der Waals surface area contributed by atoms with Gasteiger partial charge in [0.05, 0.1) is 5.52 Å². The molecule has 4 rings (SSSR count). The van der Waals surface area contributed by atoms with Gasteiger partial charge in [0.1, 0.15) is 0 Å². The molecule has 0 amide bonds. The molecule has 0 N–H and O–H groups in total. The Morgan fingerprint density at radius 3 is 2.77 bits per heavy atom. The molecule has 0 radical (unpaired) electrons. The largest absolute Gasteiger partial charge is 0.313 e. The van der Waals surface area contributed by atoms with Crippen LogP contribution in [0.15, 0.2) is 42.0 Å². The minimum atomic E-state index is 0.658. The van der Waals surface area contributed by atoms with Crippen LogP contribution in [0.25, 0.3) is 22.7 Å². The van der Waals surface area contributed by atoms with Crippen molar-refractivity contribution in [3.05, 3.63) is 58.8 Å². The standard InChI is InChI=1S/C21H23N/c1-14-4-8-17(9-5-14)22-20-10-6-15(2)12-18(20)19-13-16(3)7-11-21(19)22/h4,6,8-10,12-14H,5,7,11H2,1-3H3. The second-order valence-corrected chi connectivity index (χ2v) is 6.91. The molecule has 0 spiro atoms. The maximum Gasteiger partial charge on any atom is 0.0537 e. The summed E-state index contributed by atoms with van der Waals surface area (Å²) >= 11 is 0. The van der Waals surface area contributed by atoms with Crippen LogP contribution in [-0.2, 0) is 6.42 Å². The van der Waals surface area contributed by atoms with Crippen molar-refractivity contribution in [2.24, 2.45) is 5.92 Å². The SMILES string of the molecule is CC1=Cc2c(n(C3=CCC(C)C=C3)c3ccc(C)cc23)CC1. The highest BCUT2D eigenvalue weighted by Crippen LogP contribution is 2.37. The van der Waals surface area contributed by atoms with Gasteiger partial charge in [-0.25, -0.2) is 0 Å². The molecule has 1 aromatic heterocycles. The third-order valence-corrected chi connectivity index (χ3v) is 4.96. The Hall–Kier alpha value is -2.02. The van der Waals surface area contributed by atoms with Gasteiger partial charge in [-0.05, 0) is 57.2 Å². The molecular formula is C21H23N. The van der Waals surface area contributed by atoms with Crippen molar-refractivity contribution in [3.8, 4) is 0 Å². The predicted octanol–water partition coefficient (Wildman–Crippen LogP) is 5.74. The molecule has 1 heterocycles. The summed E-state index contributed by atoms with van der Waals surface area (Å²) in [4.78, 5) is 0. The molecule has 0 fully saturated rings. The minimum Gasteiger partial charge on any atom is -0.313 e. The number of benzene rings is 1. The van der Waals surface area contributed by atoms with Crippen LogP contribution in [0.4, 0.5) is 0 Å². The Morgan fingerprint density at radius 1 is 1.14 bits per heavy atom. The molecule has 1 nitrogen and oxygen atoms in total. The average molecular weight is 289 g/mol. The third kappa shape index (κ3) is 2.08. The normalized spacial score (nSPS) is 20.8. The lowest BCUT2D eigenvalue weighted by atomic mass is 9.96. The molecule has 2 aliphatic rings. The second kappa shape index (κ2) is 5.01. The van der Waals surface area contributed by atoms with Crippen molar-refractivity contribution < 1.29 is 0 Å². The number of nitrogens with zero attached hydrogens (tertiary/aromatic N) is 1. The van der Waals surface area contributed by atoms with Crippen molar-refractivity contribution in [2.75, 3.05) is 0 Å². The molecule has 0 bridgehead atoms. The van der Waals surface area contributed by atoms with Gasteiger partial charge in [-0.3, -0.25) is 0 Å². The molecule has 1 unspecified atom stereocenters. The summed E-state index contributed by atoms with van der Waals surface area (Å²) in [6, 6.07) is 6.87. The van der Waals surface area contributed by atoms with E-state index in [4.69, 9.17) is 0 Å². The molecule has 0 aliphatic heterocycles. The van der Waals surface area contributed by atoms with E-state index in [0.29, 0.717) is 5.92 Å². The Morgan fingerprint density at radius 2 is 2.00 bits per heavy atom. The summed E-state index contributed by atoms with van der Waals surface area (Å²) in [5, 5.41) is 1.40. The molecule has 1 aromatic carbocycles. The van der Waals surface area contributed by atoms with E-state index < -0.39 is 0 Å². The van der Waals surface area contributed by atoms with Crippen LogP contribution in [0, 0.1) is 12.8 Å². The van der Waals surface area contributed by atoms with E-state index in [1.54, 1.807) is 0 Å². The number of aromatic nitrogens is 1. The summed E-state index contributed by atoms with van der Waals surface area (Å²) in [7, 11) is 0. The molecule has 1 atom stereocenters. The van der Waals surface area contributed by atoms with Crippen molar-refractivity contribution >= 4 is 22.7 Å². The molecular weight excluding hydrogens is 266 g/mol. The van der Waals surface area contributed by atoms with Gasteiger partial charge in [0.15, 0.2) is 0 Å². The van der Waals surface area contributed by atoms with Crippen molar-refractivity contribution in [1.29, 1.82) is 0 Å². The van der Waals surface area contributed by atoms with E-state index in [1.807, 2.05) is 0 Å². The molecule has 1 heteroatoms. The minimum absolute atomic E-state index is 0.658. The average Bonchev–Trinajstić information content (AvgIpc) is 2.81. The third-order valence-electron chi connectivity index (χ3n) is 4.96. The van der Waals surface area contributed by atoms with Crippen LogP contribution < -0.4 is 0 Å². The van der Waals surface area contributed by atoms with Gasteiger partial charge in [-0.1, -0.05) is 42.4 Å². The van der Waals surface area contributed by atoms with Gasteiger partial charge in [-0.15, -0.1) is 0 Å². The first-order chi connectivity index (χ1) is 10.6. The zero-order valence-electron chi connectivity index (χ0n) is 13.7. The number of fused-ring (bicyclic) bond motifs is 3. The van der Waals surface area contributed by atoms with Gasteiger partial charge in [-0.2, -0.15) is 0 Å². The smallest absolute Gasteiger partial charge is 0.0537 e. The van der Waals surface area contributed by atoms with Crippen LogP contribution in [-0.4, -0.2) is 4.57 Å². The topological polar surface area (TPSA) is 4.93 Å².